The molecule has 0 bridgehead atoms. The lowest BCUT2D eigenvalue weighted by Gasteiger charge is -2.34. The van der Waals surface area contributed by atoms with Gasteiger partial charge in [0.25, 0.3) is 0 Å². The van der Waals surface area contributed by atoms with Crippen LogP contribution in [-0.2, 0) is 23.3 Å². The minimum atomic E-state index is -1.18. The zero-order valence-corrected chi connectivity index (χ0v) is 22.5. The number of rotatable bonds is 9. The summed E-state index contributed by atoms with van der Waals surface area (Å²) in [6.45, 7) is 13.8. The Morgan fingerprint density at radius 2 is 2.09 bits per heavy atom. The van der Waals surface area contributed by atoms with Crippen molar-refractivity contribution in [3.8, 4) is 11.3 Å². The zero-order chi connectivity index (χ0) is 25.2. The summed E-state index contributed by atoms with van der Waals surface area (Å²) in [5, 5.41) is 11.8. The molecule has 11 heteroatoms. The highest BCUT2D eigenvalue weighted by molar-refractivity contribution is 6.76. The molecule has 35 heavy (non-hydrogen) atoms. The fourth-order valence-corrected chi connectivity index (χ4v) is 4.87. The topological polar surface area (TPSA) is 82.3 Å². The number of hydrogen-bond donors (Lipinski definition) is 1. The van der Waals surface area contributed by atoms with E-state index in [1.54, 1.807) is 27.8 Å². The number of anilines is 3. The van der Waals surface area contributed by atoms with Crippen LogP contribution in [0.3, 0.4) is 0 Å². The van der Waals surface area contributed by atoms with E-state index in [0.29, 0.717) is 43.6 Å². The first-order chi connectivity index (χ1) is 16.6. The van der Waals surface area contributed by atoms with Gasteiger partial charge in [-0.2, -0.15) is 10.2 Å². The summed E-state index contributed by atoms with van der Waals surface area (Å²) in [7, 11) is 0.636. The maximum atomic E-state index is 15.9. The minimum Gasteiger partial charge on any atom is -0.377 e. The van der Waals surface area contributed by atoms with Gasteiger partial charge in [-0.3, -0.25) is 4.68 Å². The molecule has 4 heterocycles. The van der Waals surface area contributed by atoms with Crippen molar-refractivity contribution in [2.45, 2.75) is 52.3 Å². The number of pyridine rings is 1. The van der Waals surface area contributed by atoms with E-state index >= 15 is 4.39 Å². The van der Waals surface area contributed by atoms with Gasteiger partial charge >= 0.3 is 0 Å². The molecule has 9 nitrogen and oxygen atoms in total. The molecule has 190 valence electrons. The second-order valence-corrected chi connectivity index (χ2v) is 15.9. The summed E-state index contributed by atoms with van der Waals surface area (Å²) in [5.41, 5.74) is 2.06. The van der Waals surface area contributed by atoms with E-state index in [1.807, 2.05) is 20.0 Å². The van der Waals surface area contributed by atoms with Crippen LogP contribution >= 0.6 is 0 Å². The van der Waals surface area contributed by atoms with Crippen LogP contribution in [-0.4, -0.2) is 65.0 Å². The van der Waals surface area contributed by atoms with Crippen molar-refractivity contribution in [1.82, 2.24) is 24.5 Å². The molecule has 1 atom stereocenters. The van der Waals surface area contributed by atoms with Crippen LogP contribution in [0.5, 0.6) is 0 Å². The molecule has 3 aromatic heterocycles. The predicted octanol–water partition coefficient (Wildman–Crippen LogP) is 4.41. The molecule has 1 saturated heterocycles. The maximum Gasteiger partial charge on any atom is 0.175 e. The van der Waals surface area contributed by atoms with Crippen LogP contribution in [0.1, 0.15) is 12.5 Å². The van der Waals surface area contributed by atoms with E-state index in [-0.39, 0.29) is 18.6 Å². The lowest BCUT2D eigenvalue weighted by molar-refractivity contribution is 0.0801. The van der Waals surface area contributed by atoms with Gasteiger partial charge in [0.15, 0.2) is 11.6 Å². The van der Waals surface area contributed by atoms with Crippen molar-refractivity contribution in [2.24, 2.45) is 7.05 Å². The highest BCUT2D eigenvalue weighted by atomic mass is 28.3. The molecule has 0 amide bonds. The Balaban J connectivity index is 1.66. The number of halogens is 1. The third kappa shape index (κ3) is 5.91. The lowest BCUT2D eigenvalue weighted by atomic mass is 10.1. The highest BCUT2D eigenvalue weighted by Crippen LogP contribution is 2.34. The number of morpholine rings is 1. The summed E-state index contributed by atoms with van der Waals surface area (Å²) in [6, 6.07) is 4.80. The molecule has 0 spiro atoms. The number of aryl methyl sites for hydroxylation is 2. The summed E-state index contributed by atoms with van der Waals surface area (Å²) < 4.78 is 30.8. The fraction of sp³-hybridized carbons (Fsp3) is 0.542. The second-order valence-electron chi connectivity index (χ2n) is 10.3. The molecule has 3 aromatic rings. The number of ether oxygens (including phenoxy) is 2. The van der Waals surface area contributed by atoms with Gasteiger partial charge in [-0.15, -0.1) is 0 Å². The van der Waals surface area contributed by atoms with Gasteiger partial charge in [-0.25, -0.2) is 14.1 Å². The predicted molar refractivity (Wildman–Crippen MR) is 138 cm³/mol. The molecule has 1 N–H and O–H groups in total. The normalized spacial score (nSPS) is 16.7. The largest absolute Gasteiger partial charge is 0.377 e. The minimum absolute atomic E-state index is 0.125. The van der Waals surface area contributed by atoms with Crippen molar-refractivity contribution in [3.63, 3.8) is 0 Å². The highest BCUT2D eigenvalue weighted by Gasteiger charge is 2.25. The van der Waals surface area contributed by atoms with Crippen LogP contribution in [0.4, 0.5) is 21.8 Å². The monoisotopic (exact) mass is 501 g/mol. The molecule has 0 radical (unpaired) electrons. The second kappa shape index (κ2) is 10.5. The van der Waals surface area contributed by atoms with Gasteiger partial charge in [-0.1, -0.05) is 19.6 Å². The molecule has 1 aliphatic heterocycles. The summed E-state index contributed by atoms with van der Waals surface area (Å²) in [5.74, 6) is 1.01. The average Bonchev–Trinajstić information content (AvgIpc) is 3.38. The Morgan fingerprint density at radius 1 is 1.29 bits per heavy atom. The first kappa shape index (κ1) is 25.3. The average molecular weight is 502 g/mol. The first-order valence-electron chi connectivity index (χ1n) is 12.0. The summed E-state index contributed by atoms with van der Waals surface area (Å²) in [4.78, 5) is 6.85. The molecule has 4 rings (SSSR count). The van der Waals surface area contributed by atoms with E-state index in [4.69, 9.17) is 14.5 Å². The number of hydrogen-bond acceptors (Lipinski definition) is 7. The Labute approximate surface area is 207 Å². The molecule has 0 aromatic carbocycles. The van der Waals surface area contributed by atoms with Gasteiger partial charge in [0.2, 0.25) is 0 Å². The van der Waals surface area contributed by atoms with Crippen molar-refractivity contribution in [3.05, 3.63) is 35.9 Å². The van der Waals surface area contributed by atoms with E-state index in [1.165, 1.54) is 0 Å². The Bertz CT molecular complexity index is 1140. The standard InChI is InChI=1S/C24H36FN7O2Si/c1-17-14-27-30(3)23(17)19-13-21(31-9-10-33-15-18(31)2)29-24(22(19)25)28-20-7-8-26-32(20)16-34-11-12-35(4,5)6/h7-8,13-14,18H,9-12,15-16H2,1-6H3,(H,28,29). The summed E-state index contributed by atoms with van der Waals surface area (Å²) in [6.07, 6.45) is 3.41. The van der Waals surface area contributed by atoms with Crippen molar-refractivity contribution in [2.75, 3.05) is 36.6 Å². The van der Waals surface area contributed by atoms with Crippen molar-refractivity contribution < 1.29 is 13.9 Å². The van der Waals surface area contributed by atoms with E-state index in [2.05, 4.69) is 47.0 Å². The summed E-state index contributed by atoms with van der Waals surface area (Å²) >= 11 is 0. The van der Waals surface area contributed by atoms with Crippen LogP contribution < -0.4 is 10.2 Å². The Kier molecular flexibility index (Phi) is 7.58. The quantitative estimate of drug-likeness (QED) is 0.344. The number of nitrogens with zero attached hydrogens (tertiary/aromatic N) is 6. The van der Waals surface area contributed by atoms with Crippen LogP contribution in [0.2, 0.25) is 25.7 Å². The molecule has 0 saturated carbocycles. The van der Waals surface area contributed by atoms with Crippen molar-refractivity contribution in [1.29, 1.82) is 0 Å². The molecular weight excluding hydrogens is 465 g/mol. The molecule has 0 aliphatic carbocycles. The van der Waals surface area contributed by atoms with E-state index in [0.717, 1.165) is 17.3 Å². The lowest BCUT2D eigenvalue weighted by Crippen LogP contribution is -2.44. The Hall–Kier alpha value is -2.76. The van der Waals surface area contributed by atoms with Gasteiger partial charge in [0, 0.05) is 39.9 Å². The molecule has 1 aliphatic rings. The third-order valence-electron chi connectivity index (χ3n) is 6.16. The van der Waals surface area contributed by atoms with Gasteiger partial charge in [0.05, 0.1) is 37.3 Å². The molecular formula is C24H36FN7O2Si. The fourth-order valence-electron chi connectivity index (χ4n) is 4.11. The van der Waals surface area contributed by atoms with Crippen LogP contribution in [0, 0.1) is 12.7 Å². The Morgan fingerprint density at radius 3 is 2.77 bits per heavy atom. The third-order valence-corrected chi connectivity index (χ3v) is 7.86. The number of aromatic nitrogens is 5. The van der Waals surface area contributed by atoms with Crippen molar-refractivity contribution >= 4 is 25.5 Å². The SMILES string of the molecule is Cc1cnn(C)c1-c1cc(N2CCOCC2C)nc(Nc2ccnn2COCC[Si](C)(C)C)c1F. The zero-order valence-electron chi connectivity index (χ0n) is 21.5. The van der Waals surface area contributed by atoms with Crippen LogP contribution in [0.25, 0.3) is 11.3 Å². The van der Waals surface area contributed by atoms with Gasteiger partial charge in [-0.05, 0) is 31.5 Å². The maximum absolute atomic E-state index is 15.9. The van der Waals surface area contributed by atoms with E-state index < -0.39 is 13.9 Å². The molecule has 1 unspecified atom stereocenters. The van der Waals surface area contributed by atoms with Gasteiger partial charge < -0.3 is 19.7 Å². The van der Waals surface area contributed by atoms with Gasteiger partial charge in [0.1, 0.15) is 18.4 Å². The molecule has 1 fully saturated rings. The van der Waals surface area contributed by atoms with E-state index in [9.17, 15) is 0 Å². The first-order valence-corrected chi connectivity index (χ1v) is 15.8. The smallest absolute Gasteiger partial charge is 0.175 e. The number of nitrogens with one attached hydrogen (secondary N) is 1. The van der Waals surface area contributed by atoms with Crippen LogP contribution in [0.15, 0.2) is 24.5 Å².